The van der Waals surface area contributed by atoms with Crippen molar-refractivity contribution in [2.24, 2.45) is 5.84 Å². The Bertz CT molecular complexity index is 374. The molecule has 3 N–H and O–H groups in total. The molecule has 0 bridgehead atoms. The molecule has 102 valence electrons. The summed E-state index contributed by atoms with van der Waals surface area (Å²) >= 11 is 0. The zero-order valence-electron chi connectivity index (χ0n) is 11.1. The first-order chi connectivity index (χ1) is 8.67. The molecule has 4 nitrogen and oxygen atoms in total. The molecule has 0 saturated heterocycles. The lowest BCUT2D eigenvalue weighted by molar-refractivity contribution is 0.0313. The summed E-state index contributed by atoms with van der Waals surface area (Å²) in [6.07, 6.45) is 0.698. The van der Waals surface area contributed by atoms with Gasteiger partial charge in [0.05, 0.1) is 19.3 Å². The summed E-state index contributed by atoms with van der Waals surface area (Å²) in [7, 11) is 1.44. The van der Waals surface area contributed by atoms with E-state index in [0.29, 0.717) is 6.61 Å². The highest BCUT2D eigenvalue weighted by molar-refractivity contribution is 5.31. The van der Waals surface area contributed by atoms with Gasteiger partial charge in [-0.1, -0.05) is 13.0 Å². The fraction of sp³-hybridized carbons (Fsp3) is 0.538. The van der Waals surface area contributed by atoms with Gasteiger partial charge in [-0.15, -0.1) is 0 Å². The number of hydrogen-bond donors (Lipinski definition) is 2. The van der Waals surface area contributed by atoms with E-state index in [-0.39, 0.29) is 17.9 Å². The number of hydrogen-bond acceptors (Lipinski definition) is 4. The molecule has 5 heteroatoms. The first-order valence-corrected chi connectivity index (χ1v) is 6.09. The lowest BCUT2D eigenvalue weighted by Crippen LogP contribution is -2.37. The number of hydrazine groups is 1. The molecule has 0 spiro atoms. The number of rotatable bonds is 7. The van der Waals surface area contributed by atoms with Crippen LogP contribution in [-0.4, -0.2) is 19.8 Å². The van der Waals surface area contributed by atoms with Crippen molar-refractivity contribution >= 4 is 0 Å². The maximum Gasteiger partial charge on any atom is 0.165 e. The maximum atomic E-state index is 13.7. The number of nitrogens with two attached hydrogens (primary N) is 1. The molecular formula is C13H21FN2O2. The van der Waals surface area contributed by atoms with Crippen LogP contribution in [0, 0.1) is 5.82 Å². The van der Waals surface area contributed by atoms with Crippen LogP contribution in [0.2, 0.25) is 0 Å². The van der Waals surface area contributed by atoms with Crippen molar-refractivity contribution in [3.05, 3.63) is 29.6 Å². The smallest absolute Gasteiger partial charge is 0.165 e. The van der Waals surface area contributed by atoms with Crippen molar-refractivity contribution in [1.82, 2.24) is 5.43 Å². The van der Waals surface area contributed by atoms with Crippen molar-refractivity contribution in [1.29, 1.82) is 0 Å². The summed E-state index contributed by atoms with van der Waals surface area (Å²) in [4.78, 5) is 0. The Kier molecular flexibility index (Phi) is 6.04. The lowest BCUT2D eigenvalue weighted by Gasteiger charge is -2.26. The van der Waals surface area contributed by atoms with Gasteiger partial charge in [-0.25, -0.2) is 4.39 Å². The van der Waals surface area contributed by atoms with E-state index in [9.17, 15) is 4.39 Å². The van der Waals surface area contributed by atoms with E-state index >= 15 is 0 Å². The summed E-state index contributed by atoms with van der Waals surface area (Å²) in [6, 6.07) is 4.56. The third-order valence-corrected chi connectivity index (χ3v) is 2.87. The van der Waals surface area contributed by atoms with Gasteiger partial charge in [-0.05, 0) is 31.0 Å². The molecule has 1 aromatic rings. The van der Waals surface area contributed by atoms with Crippen molar-refractivity contribution in [3.63, 3.8) is 0 Å². The van der Waals surface area contributed by atoms with Gasteiger partial charge in [-0.3, -0.25) is 11.3 Å². The van der Waals surface area contributed by atoms with E-state index in [1.165, 1.54) is 13.2 Å². The summed E-state index contributed by atoms with van der Waals surface area (Å²) in [5.41, 5.74) is 3.43. The fourth-order valence-electron chi connectivity index (χ4n) is 1.96. The zero-order chi connectivity index (χ0) is 13.5. The maximum absolute atomic E-state index is 13.7. The number of nitrogens with one attached hydrogen (secondary N) is 1. The van der Waals surface area contributed by atoms with Crippen molar-refractivity contribution in [3.8, 4) is 5.75 Å². The van der Waals surface area contributed by atoms with E-state index in [1.807, 2.05) is 13.8 Å². The van der Waals surface area contributed by atoms with E-state index in [0.717, 1.165) is 12.0 Å². The predicted molar refractivity (Wildman–Crippen MR) is 68.7 cm³/mol. The van der Waals surface area contributed by atoms with E-state index in [1.54, 1.807) is 12.1 Å². The molecule has 1 aromatic carbocycles. The Morgan fingerprint density at radius 3 is 2.56 bits per heavy atom. The van der Waals surface area contributed by atoms with Crippen LogP contribution in [0.3, 0.4) is 0 Å². The Morgan fingerprint density at radius 1 is 1.39 bits per heavy atom. The van der Waals surface area contributed by atoms with Crippen LogP contribution >= 0.6 is 0 Å². The largest absolute Gasteiger partial charge is 0.494 e. The van der Waals surface area contributed by atoms with Crippen molar-refractivity contribution < 1.29 is 13.9 Å². The molecule has 0 aromatic heterocycles. The molecule has 0 aliphatic carbocycles. The minimum absolute atomic E-state index is 0.0900. The van der Waals surface area contributed by atoms with Crippen LogP contribution in [0.4, 0.5) is 4.39 Å². The Hall–Kier alpha value is -1.17. The van der Waals surface area contributed by atoms with Crippen LogP contribution in [0.25, 0.3) is 0 Å². The monoisotopic (exact) mass is 256 g/mol. The lowest BCUT2D eigenvalue weighted by atomic mass is 10.00. The van der Waals surface area contributed by atoms with Gasteiger partial charge in [0.25, 0.3) is 0 Å². The van der Waals surface area contributed by atoms with Crippen LogP contribution in [0.15, 0.2) is 18.2 Å². The number of methoxy groups -OCH3 is 1. The number of benzene rings is 1. The van der Waals surface area contributed by atoms with Gasteiger partial charge in [0.1, 0.15) is 0 Å². The van der Waals surface area contributed by atoms with Gasteiger partial charge in [0.2, 0.25) is 0 Å². The molecule has 0 heterocycles. The van der Waals surface area contributed by atoms with Crippen molar-refractivity contribution in [2.45, 2.75) is 32.4 Å². The molecule has 1 rings (SSSR count). The topological polar surface area (TPSA) is 56.5 Å². The van der Waals surface area contributed by atoms with Gasteiger partial charge < -0.3 is 9.47 Å². The van der Waals surface area contributed by atoms with Crippen LogP contribution in [-0.2, 0) is 4.74 Å². The van der Waals surface area contributed by atoms with Gasteiger partial charge in [-0.2, -0.15) is 0 Å². The molecule has 0 saturated carbocycles. The second-order valence-electron chi connectivity index (χ2n) is 3.94. The normalized spacial score (nSPS) is 14.3. The highest BCUT2D eigenvalue weighted by Crippen LogP contribution is 2.25. The average Bonchev–Trinajstić information content (AvgIpc) is 2.38. The second kappa shape index (κ2) is 7.31. The number of halogens is 1. The van der Waals surface area contributed by atoms with Gasteiger partial charge >= 0.3 is 0 Å². The quantitative estimate of drug-likeness (QED) is 0.580. The summed E-state index contributed by atoms with van der Waals surface area (Å²) in [6.45, 7) is 4.52. The first kappa shape index (κ1) is 14.9. The molecule has 0 fully saturated rings. The standard InChI is InChI=1S/C13H21FN2O2/c1-4-11(18-5-2)13(16-15)9-6-7-12(17-3)10(14)8-9/h6-8,11,13,16H,4-5,15H2,1-3H3. The fourth-order valence-corrected chi connectivity index (χ4v) is 1.96. The minimum Gasteiger partial charge on any atom is -0.494 e. The average molecular weight is 256 g/mol. The molecule has 2 unspecified atom stereocenters. The summed E-state index contributed by atoms with van der Waals surface area (Å²) in [5.74, 6) is 5.37. The Morgan fingerprint density at radius 2 is 2.11 bits per heavy atom. The highest BCUT2D eigenvalue weighted by atomic mass is 19.1. The summed E-state index contributed by atoms with van der Waals surface area (Å²) < 4.78 is 24.2. The van der Waals surface area contributed by atoms with E-state index in [4.69, 9.17) is 15.3 Å². The highest BCUT2D eigenvalue weighted by Gasteiger charge is 2.22. The second-order valence-corrected chi connectivity index (χ2v) is 3.94. The van der Waals surface area contributed by atoms with E-state index < -0.39 is 5.82 Å². The van der Waals surface area contributed by atoms with Crippen LogP contribution in [0.1, 0.15) is 31.9 Å². The Labute approximate surface area is 107 Å². The molecule has 0 radical (unpaired) electrons. The van der Waals surface area contributed by atoms with Gasteiger partial charge in [0.15, 0.2) is 11.6 Å². The molecule has 0 aliphatic heterocycles. The Balaban J connectivity index is 2.97. The molecule has 0 amide bonds. The molecule has 2 atom stereocenters. The predicted octanol–water partition coefficient (Wildman–Crippen LogP) is 2.15. The first-order valence-electron chi connectivity index (χ1n) is 6.09. The minimum atomic E-state index is -0.401. The third-order valence-electron chi connectivity index (χ3n) is 2.87. The summed E-state index contributed by atoms with van der Waals surface area (Å²) in [5, 5.41) is 0. The third kappa shape index (κ3) is 3.41. The zero-order valence-corrected chi connectivity index (χ0v) is 11.1. The van der Waals surface area contributed by atoms with Gasteiger partial charge in [0, 0.05) is 6.61 Å². The number of ether oxygens (including phenoxy) is 2. The van der Waals surface area contributed by atoms with Crippen LogP contribution < -0.4 is 16.0 Å². The van der Waals surface area contributed by atoms with E-state index in [2.05, 4.69) is 5.43 Å². The molecular weight excluding hydrogens is 235 g/mol. The SMILES string of the molecule is CCOC(CC)C(NN)c1ccc(OC)c(F)c1. The molecule has 0 aliphatic rings. The van der Waals surface area contributed by atoms with Crippen molar-refractivity contribution in [2.75, 3.05) is 13.7 Å². The van der Waals surface area contributed by atoms with Crippen LogP contribution in [0.5, 0.6) is 5.75 Å². The molecule has 18 heavy (non-hydrogen) atoms.